The van der Waals surface area contributed by atoms with Gasteiger partial charge in [-0.2, -0.15) is 5.10 Å². The summed E-state index contributed by atoms with van der Waals surface area (Å²) in [5, 5.41) is 16.5. The molecule has 1 aromatic carbocycles. The fourth-order valence-electron chi connectivity index (χ4n) is 1.89. The first kappa shape index (κ1) is 16.1. The molecule has 1 amide bonds. The van der Waals surface area contributed by atoms with Crippen LogP contribution in [0.5, 0.6) is 5.75 Å². The highest BCUT2D eigenvalue weighted by atomic mass is 32.1. The molecular weight excluding hydrogens is 305 g/mol. The number of aromatic nitrogens is 1. The standard InChI is InChI=1S/C15H16FN3O2S/c1-3-13(12-6-10(16)4-5-14(12)20)18-19-15(21)7-11-8-22-9(2)17-11/h4-6,8,20H,3,7H2,1-2H3,(H,19,21). The Balaban J connectivity index is 2.09. The minimum Gasteiger partial charge on any atom is -0.507 e. The van der Waals surface area contributed by atoms with Crippen LogP contribution in [0.25, 0.3) is 0 Å². The Hall–Kier alpha value is -2.28. The van der Waals surface area contributed by atoms with Crippen LogP contribution in [0.2, 0.25) is 0 Å². The van der Waals surface area contributed by atoms with Gasteiger partial charge in [-0.3, -0.25) is 4.79 Å². The van der Waals surface area contributed by atoms with Crippen molar-refractivity contribution in [3.8, 4) is 5.75 Å². The first-order valence-electron chi connectivity index (χ1n) is 6.75. The molecule has 116 valence electrons. The molecule has 2 N–H and O–H groups in total. The summed E-state index contributed by atoms with van der Waals surface area (Å²) in [7, 11) is 0. The third kappa shape index (κ3) is 4.11. The summed E-state index contributed by atoms with van der Waals surface area (Å²) in [5.74, 6) is -0.864. The van der Waals surface area contributed by atoms with Crippen LogP contribution in [0.3, 0.4) is 0 Å². The van der Waals surface area contributed by atoms with Gasteiger partial charge in [-0.25, -0.2) is 14.8 Å². The third-order valence-electron chi connectivity index (χ3n) is 2.93. The summed E-state index contributed by atoms with van der Waals surface area (Å²) in [5.41, 5.74) is 3.77. The van der Waals surface area contributed by atoms with Crippen molar-refractivity contribution < 1.29 is 14.3 Å². The Bertz CT molecular complexity index is 713. The highest BCUT2D eigenvalue weighted by Crippen LogP contribution is 2.20. The van der Waals surface area contributed by atoms with E-state index in [2.05, 4.69) is 15.5 Å². The number of phenols is 1. The number of rotatable bonds is 5. The maximum absolute atomic E-state index is 13.3. The molecule has 2 rings (SSSR count). The molecule has 0 saturated carbocycles. The maximum Gasteiger partial charge on any atom is 0.246 e. The zero-order chi connectivity index (χ0) is 16.1. The van der Waals surface area contributed by atoms with Gasteiger partial charge >= 0.3 is 0 Å². The Morgan fingerprint density at radius 3 is 2.91 bits per heavy atom. The number of hydrazone groups is 1. The van der Waals surface area contributed by atoms with E-state index in [1.54, 1.807) is 6.92 Å². The largest absolute Gasteiger partial charge is 0.507 e. The molecule has 0 spiro atoms. The normalized spacial score (nSPS) is 11.5. The topological polar surface area (TPSA) is 74.6 Å². The first-order chi connectivity index (χ1) is 10.5. The van der Waals surface area contributed by atoms with Gasteiger partial charge in [-0.1, -0.05) is 6.92 Å². The summed E-state index contributed by atoms with van der Waals surface area (Å²) in [6.45, 7) is 3.67. The van der Waals surface area contributed by atoms with Crippen LogP contribution < -0.4 is 5.43 Å². The van der Waals surface area contributed by atoms with Crippen LogP contribution in [0.1, 0.15) is 29.6 Å². The van der Waals surface area contributed by atoms with Gasteiger partial charge in [0.25, 0.3) is 0 Å². The van der Waals surface area contributed by atoms with Crippen molar-refractivity contribution in [1.82, 2.24) is 10.4 Å². The minimum absolute atomic E-state index is 0.0774. The molecule has 0 radical (unpaired) electrons. The lowest BCUT2D eigenvalue weighted by Crippen LogP contribution is -2.22. The third-order valence-corrected chi connectivity index (χ3v) is 3.75. The average molecular weight is 321 g/mol. The number of carbonyl (C=O) groups excluding carboxylic acids is 1. The number of nitrogens with one attached hydrogen (secondary N) is 1. The molecule has 1 aromatic heterocycles. The number of amides is 1. The molecule has 1 heterocycles. The van der Waals surface area contributed by atoms with Crippen LogP contribution in [-0.2, 0) is 11.2 Å². The van der Waals surface area contributed by atoms with Crippen molar-refractivity contribution in [1.29, 1.82) is 0 Å². The van der Waals surface area contributed by atoms with Gasteiger partial charge in [0.15, 0.2) is 0 Å². The van der Waals surface area contributed by atoms with E-state index in [1.807, 2.05) is 12.3 Å². The van der Waals surface area contributed by atoms with Gasteiger partial charge in [0.2, 0.25) is 5.91 Å². The van der Waals surface area contributed by atoms with Crippen molar-refractivity contribution in [3.05, 3.63) is 45.7 Å². The molecule has 0 atom stereocenters. The van der Waals surface area contributed by atoms with Crippen LogP contribution in [-0.4, -0.2) is 21.7 Å². The van der Waals surface area contributed by atoms with E-state index >= 15 is 0 Å². The number of hydrogen-bond donors (Lipinski definition) is 2. The molecule has 0 fully saturated rings. The number of carbonyl (C=O) groups is 1. The second-order valence-corrected chi connectivity index (χ2v) is 5.71. The van der Waals surface area contributed by atoms with E-state index in [0.717, 1.165) is 11.1 Å². The van der Waals surface area contributed by atoms with Crippen molar-refractivity contribution in [2.45, 2.75) is 26.7 Å². The quantitative estimate of drug-likeness (QED) is 0.657. The van der Waals surface area contributed by atoms with Gasteiger partial charge < -0.3 is 5.11 Å². The Labute approximate surface area is 131 Å². The van der Waals surface area contributed by atoms with E-state index < -0.39 is 5.82 Å². The Kier molecular flexibility index (Phi) is 5.21. The van der Waals surface area contributed by atoms with Crippen molar-refractivity contribution in [2.75, 3.05) is 0 Å². The van der Waals surface area contributed by atoms with Gasteiger partial charge in [-0.15, -0.1) is 11.3 Å². The smallest absolute Gasteiger partial charge is 0.246 e. The number of phenolic OH excluding ortho intramolecular Hbond substituents is 1. The van der Waals surface area contributed by atoms with Crippen LogP contribution in [0, 0.1) is 12.7 Å². The zero-order valence-corrected chi connectivity index (χ0v) is 13.1. The second-order valence-electron chi connectivity index (χ2n) is 4.64. The molecule has 0 aliphatic heterocycles. The molecule has 5 nitrogen and oxygen atoms in total. The van der Waals surface area contributed by atoms with Crippen molar-refractivity contribution in [2.24, 2.45) is 5.10 Å². The van der Waals surface area contributed by atoms with Gasteiger partial charge in [0.05, 0.1) is 22.8 Å². The van der Waals surface area contributed by atoms with Gasteiger partial charge in [-0.05, 0) is 31.5 Å². The lowest BCUT2D eigenvalue weighted by atomic mass is 10.1. The molecule has 0 aliphatic carbocycles. The van der Waals surface area contributed by atoms with E-state index in [0.29, 0.717) is 17.8 Å². The molecule has 0 saturated heterocycles. The number of benzene rings is 1. The van der Waals surface area contributed by atoms with Crippen LogP contribution >= 0.6 is 11.3 Å². The number of halogens is 1. The molecular formula is C15H16FN3O2S. The lowest BCUT2D eigenvalue weighted by molar-refractivity contribution is -0.120. The number of aromatic hydroxyl groups is 1. The fourth-order valence-corrected chi connectivity index (χ4v) is 2.51. The molecule has 7 heteroatoms. The molecule has 0 bridgehead atoms. The second kappa shape index (κ2) is 7.13. The predicted octanol–water partition coefficient (Wildman–Crippen LogP) is 2.77. The maximum atomic E-state index is 13.3. The molecule has 0 aliphatic rings. The monoisotopic (exact) mass is 321 g/mol. The molecule has 22 heavy (non-hydrogen) atoms. The number of aryl methyl sites for hydroxylation is 1. The summed E-state index contributed by atoms with van der Waals surface area (Å²) in [6.07, 6.45) is 0.563. The highest BCUT2D eigenvalue weighted by molar-refractivity contribution is 7.09. The average Bonchev–Trinajstić information content (AvgIpc) is 2.88. The number of nitrogens with zero attached hydrogens (tertiary/aromatic N) is 2. The summed E-state index contributed by atoms with van der Waals surface area (Å²) in [6, 6.07) is 3.61. The minimum atomic E-state index is -0.474. The van der Waals surface area contributed by atoms with E-state index in [9.17, 15) is 14.3 Å². The predicted molar refractivity (Wildman–Crippen MR) is 83.6 cm³/mol. The number of hydrogen-bond acceptors (Lipinski definition) is 5. The van der Waals surface area contributed by atoms with E-state index in [1.165, 1.54) is 23.5 Å². The van der Waals surface area contributed by atoms with Gasteiger partial charge in [0, 0.05) is 10.9 Å². The molecule has 0 unspecified atom stereocenters. The van der Waals surface area contributed by atoms with E-state index in [-0.39, 0.29) is 23.6 Å². The summed E-state index contributed by atoms with van der Waals surface area (Å²) < 4.78 is 13.3. The lowest BCUT2D eigenvalue weighted by Gasteiger charge is -2.07. The SMILES string of the molecule is CCC(=NNC(=O)Cc1csc(C)n1)c1cc(F)ccc1O. The van der Waals surface area contributed by atoms with Crippen molar-refractivity contribution >= 4 is 23.0 Å². The highest BCUT2D eigenvalue weighted by Gasteiger charge is 2.10. The summed E-state index contributed by atoms with van der Waals surface area (Å²) in [4.78, 5) is 16.0. The zero-order valence-electron chi connectivity index (χ0n) is 12.3. The summed E-state index contributed by atoms with van der Waals surface area (Å²) >= 11 is 1.47. The van der Waals surface area contributed by atoms with E-state index in [4.69, 9.17) is 0 Å². The number of thiazole rings is 1. The van der Waals surface area contributed by atoms with Crippen LogP contribution in [0.15, 0.2) is 28.7 Å². The first-order valence-corrected chi connectivity index (χ1v) is 7.63. The van der Waals surface area contributed by atoms with Crippen molar-refractivity contribution in [3.63, 3.8) is 0 Å². The Morgan fingerprint density at radius 1 is 1.50 bits per heavy atom. The molecule has 2 aromatic rings. The van der Waals surface area contributed by atoms with Crippen LogP contribution in [0.4, 0.5) is 4.39 Å². The van der Waals surface area contributed by atoms with Gasteiger partial charge in [0.1, 0.15) is 11.6 Å². The Morgan fingerprint density at radius 2 is 2.27 bits per heavy atom. The fraction of sp³-hybridized carbons (Fsp3) is 0.267.